The molecule has 0 bridgehead atoms. The lowest BCUT2D eigenvalue weighted by atomic mass is 10.5. The number of hydrogen-bond donors (Lipinski definition) is 0. The van der Waals surface area contributed by atoms with Crippen LogP contribution in [-0.2, 0) is 15.3 Å². The predicted molar refractivity (Wildman–Crippen MR) is 26.6 cm³/mol. The maximum Gasteiger partial charge on any atom is 0.319 e. The van der Waals surface area contributed by atoms with Gasteiger partial charge in [0.05, 0.1) is 6.07 Å². The molecule has 0 rings (SSSR count). The highest BCUT2D eigenvalue weighted by Gasteiger charge is 1.94. The van der Waals surface area contributed by atoms with Crippen LogP contribution in [0.5, 0.6) is 0 Å². The lowest BCUT2D eigenvalue weighted by molar-refractivity contribution is -0.116. The predicted octanol–water partition coefficient (Wildman–Crippen LogP) is -0.511. The molecular weight excluding hydrogens is 144 g/mol. The summed E-state index contributed by atoms with van der Waals surface area (Å²) in [5.74, 6) is -0.939. The van der Waals surface area contributed by atoms with Crippen LogP contribution < -0.4 is 0 Å². The van der Waals surface area contributed by atoms with E-state index in [4.69, 9.17) is 5.26 Å². The first-order valence-electron chi connectivity index (χ1n) is 1.87. The number of amides is 1. The highest BCUT2D eigenvalue weighted by molar-refractivity contribution is 7.62. The molecule has 5 nitrogen and oxygen atoms in total. The van der Waals surface area contributed by atoms with Gasteiger partial charge in [0.1, 0.15) is 6.42 Å². The van der Waals surface area contributed by atoms with Crippen LogP contribution in [0.4, 0.5) is 0 Å². The zero-order valence-electron chi connectivity index (χ0n) is 4.23. The maximum atomic E-state index is 10.1. The van der Waals surface area contributed by atoms with Crippen molar-refractivity contribution >= 4 is 16.4 Å². The van der Waals surface area contributed by atoms with Crippen LogP contribution >= 0.6 is 0 Å². The van der Waals surface area contributed by atoms with Gasteiger partial charge in [-0.1, -0.05) is 4.36 Å². The fourth-order valence-electron chi connectivity index (χ4n) is 0.183. The number of carbonyl (C=O) groups excluding carboxylic acids is 1. The molecule has 0 aromatic carbocycles. The molecule has 0 atom stereocenters. The van der Waals surface area contributed by atoms with E-state index in [1.165, 1.54) is 6.07 Å². The zero-order valence-corrected chi connectivity index (χ0v) is 5.05. The molecule has 0 unspecified atom stereocenters. The summed E-state index contributed by atoms with van der Waals surface area (Å²) in [5, 5.41) is 7.82. The zero-order chi connectivity index (χ0) is 7.28. The summed E-state index contributed by atoms with van der Waals surface area (Å²) < 4.78 is 21.7. The minimum atomic E-state index is -2.72. The van der Waals surface area contributed by atoms with Gasteiger partial charge in [0.15, 0.2) is 0 Å². The molecule has 1 amide bonds. The van der Waals surface area contributed by atoms with Crippen LogP contribution in [-0.4, -0.2) is 14.3 Å². The van der Waals surface area contributed by atoms with Crippen molar-refractivity contribution in [1.82, 2.24) is 0 Å². The summed E-state index contributed by atoms with van der Waals surface area (Å²) in [4.78, 5) is 10.1. The standard InChI is InChI=1S/C3H2N2O3S/c4-2-1-3(6)5-9(7)8/h1H2. The number of hydrogen-bond acceptors (Lipinski definition) is 4. The molecule has 0 aliphatic rings. The van der Waals surface area contributed by atoms with Gasteiger partial charge < -0.3 is 0 Å². The van der Waals surface area contributed by atoms with E-state index >= 15 is 0 Å². The summed E-state index contributed by atoms with van der Waals surface area (Å²) in [5.41, 5.74) is 0. The Labute approximate surface area is 52.6 Å². The molecule has 48 valence electrons. The van der Waals surface area contributed by atoms with Crippen molar-refractivity contribution in [1.29, 1.82) is 5.26 Å². The molecule has 0 fully saturated rings. The second-order valence-corrected chi connectivity index (χ2v) is 1.65. The molecule has 0 aliphatic carbocycles. The van der Waals surface area contributed by atoms with Crippen LogP contribution in [0.1, 0.15) is 6.42 Å². The highest BCUT2D eigenvalue weighted by Crippen LogP contribution is 1.79. The molecule has 0 spiro atoms. The lowest BCUT2D eigenvalue weighted by Gasteiger charge is -1.71. The highest BCUT2D eigenvalue weighted by atomic mass is 32.2. The molecule has 0 saturated carbocycles. The smallest absolute Gasteiger partial charge is 0.270 e. The van der Waals surface area contributed by atoms with Crippen molar-refractivity contribution in [2.45, 2.75) is 6.42 Å². The van der Waals surface area contributed by atoms with Gasteiger partial charge in [0.2, 0.25) is 0 Å². The molecular formula is C3H2N2O3S. The van der Waals surface area contributed by atoms with E-state index < -0.39 is 22.8 Å². The molecule has 0 aliphatic heterocycles. The third-order valence-electron chi connectivity index (χ3n) is 0.407. The van der Waals surface area contributed by atoms with Gasteiger partial charge in [-0.2, -0.15) is 13.7 Å². The minimum absolute atomic E-state index is 0.492. The molecule has 0 saturated heterocycles. The van der Waals surface area contributed by atoms with Gasteiger partial charge in [0.25, 0.3) is 5.91 Å². The average Bonchev–Trinajstić information content (AvgIpc) is 1.63. The van der Waals surface area contributed by atoms with E-state index in [0.29, 0.717) is 0 Å². The Hall–Kier alpha value is -1.22. The number of rotatable bonds is 1. The number of carbonyl (C=O) groups is 1. The summed E-state index contributed by atoms with van der Waals surface area (Å²) in [6, 6.07) is 1.46. The van der Waals surface area contributed by atoms with Crippen molar-refractivity contribution in [2.75, 3.05) is 0 Å². The summed E-state index contributed by atoms with van der Waals surface area (Å²) >= 11 is 0. The van der Waals surface area contributed by atoms with Gasteiger partial charge in [-0.15, -0.1) is 0 Å². The topological polar surface area (TPSA) is 87.4 Å². The first-order valence-corrected chi connectivity index (χ1v) is 2.91. The maximum absolute atomic E-state index is 10.1. The fraction of sp³-hybridized carbons (Fsp3) is 0.333. The van der Waals surface area contributed by atoms with Crippen LogP contribution in [0.25, 0.3) is 0 Å². The Morgan fingerprint density at radius 2 is 2.22 bits per heavy atom. The second-order valence-electron chi connectivity index (χ2n) is 1.04. The van der Waals surface area contributed by atoms with E-state index in [0.717, 1.165) is 0 Å². The summed E-state index contributed by atoms with van der Waals surface area (Å²) in [6.07, 6.45) is -0.492. The van der Waals surface area contributed by atoms with Gasteiger partial charge in [-0.25, -0.2) is 0 Å². The van der Waals surface area contributed by atoms with Crippen LogP contribution in [0.2, 0.25) is 0 Å². The van der Waals surface area contributed by atoms with Gasteiger partial charge in [-0.05, 0) is 0 Å². The molecule has 9 heavy (non-hydrogen) atoms. The van der Waals surface area contributed by atoms with E-state index in [1.54, 1.807) is 0 Å². The lowest BCUT2D eigenvalue weighted by Crippen LogP contribution is -1.87. The monoisotopic (exact) mass is 146 g/mol. The van der Waals surface area contributed by atoms with Crippen molar-refractivity contribution in [3.05, 3.63) is 0 Å². The third kappa shape index (κ3) is 4.64. The first-order chi connectivity index (χ1) is 4.16. The van der Waals surface area contributed by atoms with Gasteiger partial charge in [0, 0.05) is 0 Å². The van der Waals surface area contributed by atoms with Crippen molar-refractivity contribution < 1.29 is 13.2 Å². The van der Waals surface area contributed by atoms with Gasteiger partial charge in [-0.3, -0.25) is 4.79 Å². The van der Waals surface area contributed by atoms with E-state index in [2.05, 4.69) is 4.36 Å². The van der Waals surface area contributed by atoms with E-state index in [1.807, 2.05) is 0 Å². The quantitative estimate of drug-likeness (QED) is 0.498. The largest absolute Gasteiger partial charge is 0.319 e. The van der Waals surface area contributed by atoms with Crippen molar-refractivity contribution in [2.24, 2.45) is 4.36 Å². The van der Waals surface area contributed by atoms with Crippen LogP contribution in [0, 0.1) is 11.3 Å². The minimum Gasteiger partial charge on any atom is -0.270 e. The number of nitriles is 1. The third-order valence-corrected chi connectivity index (χ3v) is 0.759. The Bertz CT molecular complexity index is 262. The van der Waals surface area contributed by atoms with Crippen LogP contribution in [0.3, 0.4) is 0 Å². The molecule has 6 heteroatoms. The normalized spacial score (nSPS) is 7.44. The number of nitrogens with zero attached hydrogens (tertiary/aromatic N) is 2. The molecule has 0 aromatic rings. The van der Waals surface area contributed by atoms with Crippen molar-refractivity contribution in [3.8, 4) is 6.07 Å². The van der Waals surface area contributed by atoms with E-state index in [-0.39, 0.29) is 0 Å². The Balaban J connectivity index is 4.14. The van der Waals surface area contributed by atoms with Gasteiger partial charge >= 0.3 is 10.5 Å². The Morgan fingerprint density at radius 1 is 1.67 bits per heavy atom. The Morgan fingerprint density at radius 3 is 2.56 bits per heavy atom. The van der Waals surface area contributed by atoms with Crippen LogP contribution in [0.15, 0.2) is 4.36 Å². The van der Waals surface area contributed by atoms with Crippen molar-refractivity contribution in [3.63, 3.8) is 0 Å². The second kappa shape index (κ2) is 3.74. The summed E-state index contributed by atoms with van der Waals surface area (Å²) in [6.45, 7) is 0. The molecule has 0 aromatic heterocycles. The molecule has 0 N–H and O–H groups in total. The Kier molecular flexibility index (Phi) is 3.23. The molecule has 0 heterocycles. The first kappa shape index (κ1) is 7.78. The fourth-order valence-corrected chi connectivity index (χ4v) is 0.414. The SMILES string of the molecule is N#CCC(=O)N=S(=O)=O. The molecule has 0 radical (unpaired) electrons. The van der Waals surface area contributed by atoms with E-state index in [9.17, 15) is 13.2 Å². The average molecular weight is 146 g/mol. The summed E-state index contributed by atoms with van der Waals surface area (Å²) in [7, 11) is -2.72.